The number of azide groups is 1. The van der Waals surface area contributed by atoms with Crippen molar-refractivity contribution in [1.29, 1.82) is 0 Å². The first-order valence-electron chi connectivity index (χ1n) is 15.1. The average Bonchev–Trinajstić information content (AvgIpc) is 3.49. The Labute approximate surface area is 266 Å². The van der Waals surface area contributed by atoms with Crippen molar-refractivity contribution in [1.82, 2.24) is 5.32 Å². The normalized spacial score (nSPS) is 17.1. The third kappa shape index (κ3) is 6.42. The number of aliphatic imine (C=N–C) groups is 1. The first kappa shape index (κ1) is 30.4. The Balaban J connectivity index is 1.43. The molecule has 0 aliphatic carbocycles. The number of hydrogen-bond acceptors (Lipinski definition) is 6. The van der Waals surface area contributed by atoms with Gasteiger partial charge in [0.2, 0.25) is 5.90 Å². The van der Waals surface area contributed by atoms with Gasteiger partial charge in [-0.05, 0) is 57.3 Å². The van der Waals surface area contributed by atoms with Gasteiger partial charge in [0.05, 0.1) is 6.61 Å². The number of rotatable bonds is 12. The fourth-order valence-corrected chi connectivity index (χ4v) is 5.78. The SMILES string of the molecule is [N-]=[N+]=Nc1ccccc1C[C@@]1(C(=O)NCc2cccc3ccccc23)N=C(c2ccc(OCCCO)cc2)O[C@@H]1c1ccccc1. The van der Waals surface area contributed by atoms with E-state index in [0.717, 1.165) is 21.9 Å². The van der Waals surface area contributed by atoms with E-state index in [-0.39, 0.29) is 25.5 Å². The van der Waals surface area contributed by atoms with Crippen molar-refractivity contribution in [2.24, 2.45) is 10.1 Å². The molecule has 0 unspecified atom stereocenters. The molecule has 5 aromatic carbocycles. The van der Waals surface area contributed by atoms with Crippen LogP contribution in [-0.2, 0) is 22.5 Å². The van der Waals surface area contributed by atoms with Gasteiger partial charge in [0.25, 0.3) is 5.91 Å². The van der Waals surface area contributed by atoms with Crippen LogP contribution in [0.1, 0.15) is 34.8 Å². The minimum atomic E-state index is -1.45. The third-order valence-electron chi connectivity index (χ3n) is 8.06. The van der Waals surface area contributed by atoms with Crippen molar-refractivity contribution in [2.45, 2.75) is 31.0 Å². The number of nitrogens with one attached hydrogen (secondary N) is 1. The lowest BCUT2D eigenvalue weighted by atomic mass is 9.81. The van der Waals surface area contributed by atoms with Crippen LogP contribution < -0.4 is 10.1 Å². The van der Waals surface area contributed by atoms with Crippen LogP contribution in [0.5, 0.6) is 5.75 Å². The minimum absolute atomic E-state index is 0.0526. The van der Waals surface area contributed by atoms with E-state index < -0.39 is 11.6 Å². The summed E-state index contributed by atoms with van der Waals surface area (Å²) in [5.41, 5.74) is 11.4. The highest BCUT2D eigenvalue weighted by molar-refractivity contribution is 6.01. The molecular weight excluding hydrogens is 578 g/mol. The highest BCUT2D eigenvalue weighted by Gasteiger charge is 2.53. The summed E-state index contributed by atoms with van der Waals surface area (Å²) in [7, 11) is 0. The van der Waals surface area contributed by atoms with E-state index in [2.05, 4.69) is 15.3 Å². The first-order valence-corrected chi connectivity index (χ1v) is 15.1. The van der Waals surface area contributed by atoms with Crippen LogP contribution >= 0.6 is 0 Å². The van der Waals surface area contributed by atoms with E-state index in [1.54, 1.807) is 12.1 Å². The maximum atomic E-state index is 14.7. The first-order chi connectivity index (χ1) is 22.6. The van der Waals surface area contributed by atoms with Gasteiger partial charge in [-0.25, -0.2) is 4.99 Å². The smallest absolute Gasteiger partial charge is 0.252 e. The summed E-state index contributed by atoms with van der Waals surface area (Å²) in [6.07, 6.45) is -0.130. The zero-order chi connectivity index (χ0) is 31.8. The van der Waals surface area contributed by atoms with Gasteiger partial charge in [0, 0.05) is 42.2 Å². The molecule has 0 radical (unpaired) electrons. The monoisotopic (exact) mass is 611 g/mol. The molecule has 46 heavy (non-hydrogen) atoms. The summed E-state index contributed by atoms with van der Waals surface area (Å²) in [5, 5.41) is 18.3. The van der Waals surface area contributed by atoms with Gasteiger partial charge in [-0.1, -0.05) is 102 Å². The van der Waals surface area contributed by atoms with Gasteiger partial charge in [-0.2, -0.15) is 0 Å². The summed E-state index contributed by atoms with van der Waals surface area (Å²) >= 11 is 0. The Morgan fingerprint density at radius 2 is 1.63 bits per heavy atom. The number of nitrogens with zero attached hydrogens (tertiary/aromatic N) is 4. The molecule has 0 saturated heterocycles. The van der Waals surface area contributed by atoms with E-state index in [1.165, 1.54) is 0 Å². The number of carbonyl (C=O) groups excluding carboxylic acids is 1. The average molecular weight is 612 g/mol. The Bertz CT molecular complexity index is 1900. The molecule has 1 heterocycles. The van der Waals surface area contributed by atoms with E-state index in [4.69, 9.17) is 19.6 Å². The predicted molar refractivity (Wildman–Crippen MR) is 178 cm³/mol. The molecule has 0 spiro atoms. The van der Waals surface area contributed by atoms with Crippen LogP contribution in [0.25, 0.3) is 21.2 Å². The summed E-state index contributed by atoms with van der Waals surface area (Å²) in [4.78, 5) is 22.8. The highest BCUT2D eigenvalue weighted by Crippen LogP contribution is 2.43. The predicted octanol–water partition coefficient (Wildman–Crippen LogP) is 7.36. The van der Waals surface area contributed by atoms with Crippen molar-refractivity contribution in [3.63, 3.8) is 0 Å². The number of benzene rings is 5. The molecule has 9 nitrogen and oxygen atoms in total. The summed E-state index contributed by atoms with van der Waals surface area (Å²) in [5.74, 6) is 0.652. The molecule has 1 aliphatic heterocycles. The maximum Gasteiger partial charge on any atom is 0.252 e. The van der Waals surface area contributed by atoms with Crippen LogP contribution in [-0.4, -0.2) is 35.7 Å². The molecule has 9 heteroatoms. The minimum Gasteiger partial charge on any atom is -0.494 e. The van der Waals surface area contributed by atoms with E-state index >= 15 is 0 Å². The fourth-order valence-electron chi connectivity index (χ4n) is 5.78. The standard InChI is InChI=1S/C37H33N5O4/c38-42-41-33-17-7-5-13-29(33)24-37(36(44)39-25-30-15-8-14-26-10-4-6-16-32(26)30)34(27-11-2-1-3-12-27)46-35(40-37)28-18-20-31(21-19-28)45-23-9-22-43/h1-8,10-21,34,43H,9,22-25H2,(H,39,44)/t34-,37-/m1/s1. The topological polar surface area (TPSA) is 129 Å². The Morgan fingerprint density at radius 1 is 0.913 bits per heavy atom. The van der Waals surface area contributed by atoms with Crippen molar-refractivity contribution >= 4 is 28.3 Å². The van der Waals surface area contributed by atoms with Crippen molar-refractivity contribution < 1.29 is 19.4 Å². The second kappa shape index (κ2) is 14.0. The lowest BCUT2D eigenvalue weighted by Gasteiger charge is -2.31. The number of hydrogen-bond donors (Lipinski definition) is 2. The van der Waals surface area contributed by atoms with Crippen LogP contribution in [0.2, 0.25) is 0 Å². The zero-order valence-electron chi connectivity index (χ0n) is 25.1. The molecule has 1 amide bonds. The lowest BCUT2D eigenvalue weighted by Crippen LogP contribution is -2.49. The highest BCUT2D eigenvalue weighted by atomic mass is 16.5. The quantitative estimate of drug-likeness (QED) is 0.0661. The van der Waals surface area contributed by atoms with Crippen molar-refractivity contribution in [2.75, 3.05) is 13.2 Å². The van der Waals surface area contributed by atoms with Crippen LogP contribution in [0.3, 0.4) is 0 Å². The molecule has 5 aromatic rings. The Morgan fingerprint density at radius 3 is 2.43 bits per heavy atom. The zero-order valence-corrected chi connectivity index (χ0v) is 25.1. The number of fused-ring (bicyclic) bond motifs is 1. The number of aliphatic hydroxyl groups is 1. The molecule has 1 aliphatic rings. The van der Waals surface area contributed by atoms with Crippen molar-refractivity contribution in [3.05, 3.63) is 154 Å². The van der Waals surface area contributed by atoms with Crippen LogP contribution in [0.15, 0.2) is 131 Å². The third-order valence-corrected chi connectivity index (χ3v) is 8.06. The molecule has 6 rings (SSSR count). The van der Waals surface area contributed by atoms with Gasteiger partial charge >= 0.3 is 0 Å². The van der Waals surface area contributed by atoms with E-state index in [9.17, 15) is 10.3 Å². The number of aliphatic hydroxyl groups excluding tert-OH is 1. The second-order valence-electron chi connectivity index (χ2n) is 11.0. The second-order valence-corrected chi connectivity index (χ2v) is 11.0. The fraction of sp³-hybridized carbons (Fsp3) is 0.189. The molecule has 0 aromatic heterocycles. The summed E-state index contributed by atoms with van der Waals surface area (Å²) < 4.78 is 12.3. The van der Waals surface area contributed by atoms with Crippen LogP contribution in [0.4, 0.5) is 5.69 Å². The molecule has 2 N–H and O–H groups in total. The number of amides is 1. The Hall–Kier alpha value is -5.63. The largest absolute Gasteiger partial charge is 0.494 e. The van der Waals surface area contributed by atoms with Gasteiger partial charge in [-0.15, -0.1) is 0 Å². The molecule has 2 atom stereocenters. The van der Waals surface area contributed by atoms with Gasteiger partial charge < -0.3 is 19.9 Å². The van der Waals surface area contributed by atoms with Gasteiger partial charge in [-0.3, -0.25) is 4.79 Å². The van der Waals surface area contributed by atoms with E-state index in [0.29, 0.717) is 41.5 Å². The number of carbonyl (C=O) groups is 1. The van der Waals surface area contributed by atoms with Gasteiger partial charge in [0.15, 0.2) is 11.6 Å². The Kier molecular flexibility index (Phi) is 9.24. The van der Waals surface area contributed by atoms with E-state index in [1.807, 2.05) is 109 Å². The molecule has 0 bridgehead atoms. The van der Waals surface area contributed by atoms with Crippen molar-refractivity contribution in [3.8, 4) is 5.75 Å². The maximum absolute atomic E-state index is 14.7. The molecule has 0 fully saturated rings. The van der Waals surface area contributed by atoms with Crippen LogP contribution in [0, 0.1) is 0 Å². The summed E-state index contributed by atoms with van der Waals surface area (Å²) in [6, 6.07) is 38.2. The lowest BCUT2D eigenvalue weighted by molar-refractivity contribution is -0.129. The molecular formula is C37H33N5O4. The number of ether oxygens (including phenoxy) is 2. The summed E-state index contributed by atoms with van der Waals surface area (Å²) in [6.45, 7) is 0.733. The molecule has 230 valence electrons. The molecule has 0 saturated carbocycles. The van der Waals surface area contributed by atoms with Gasteiger partial charge in [0.1, 0.15) is 5.75 Å².